The van der Waals surface area contributed by atoms with Crippen LogP contribution in [0.5, 0.6) is 0 Å². The zero-order valence-electron chi connectivity index (χ0n) is 8.75. The van der Waals surface area contributed by atoms with Crippen LogP contribution in [0, 0.1) is 6.92 Å². The molecule has 0 aromatic carbocycles. The summed E-state index contributed by atoms with van der Waals surface area (Å²) in [7, 11) is 0. The van der Waals surface area contributed by atoms with Crippen molar-refractivity contribution >= 4 is 0 Å². The molecule has 0 aliphatic rings. The largest absolute Gasteiger partial charge is 0.435 e. The standard InChI is InChI=1S/C10H8F3N3O/c1-6-4-8(10(11,12)13)15-16(6)7-2-3-14-9(17)5-7/h2-5H,1H3,(H,14,17). The summed E-state index contributed by atoms with van der Waals surface area (Å²) in [6.45, 7) is 1.49. The third-order valence-corrected chi connectivity index (χ3v) is 2.18. The minimum Gasteiger partial charge on any atom is -0.329 e. The van der Waals surface area contributed by atoms with E-state index in [1.807, 2.05) is 0 Å². The summed E-state index contributed by atoms with van der Waals surface area (Å²) in [6, 6.07) is 3.59. The maximum atomic E-state index is 12.4. The number of aromatic nitrogens is 3. The minimum atomic E-state index is -4.49. The summed E-state index contributed by atoms with van der Waals surface area (Å²) >= 11 is 0. The van der Waals surface area contributed by atoms with Crippen LogP contribution in [-0.4, -0.2) is 14.8 Å². The van der Waals surface area contributed by atoms with Gasteiger partial charge in [0, 0.05) is 18.0 Å². The number of H-pyrrole nitrogens is 1. The lowest BCUT2D eigenvalue weighted by atomic mass is 10.3. The van der Waals surface area contributed by atoms with Gasteiger partial charge in [-0.3, -0.25) is 4.79 Å². The van der Waals surface area contributed by atoms with E-state index in [0.29, 0.717) is 11.4 Å². The second-order valence-electron chi connectivity index (χ2n) is 3.49. The van der Waals surface area contributed by atoms with Crippen molar-refractivity contribution in [2.45, 2.75) is 13.1 Å². The average Bonchev–Trinajstić information content (AvgIpc) is 2.60. The van der Waals surface area contributed by atoms with Crippen LogP contribution in [0.25, 0.3) is 5.69 Å². The van der Waals surface area contributed by atoms with Gasteiger partial charge >= 0.3 is 6.18 Å². The third-order valence-electron chi connectivity index (χ3n) is 2.18. The Morgan fingerprint density at radius 3 is 2.59 bits per heavy atom. The quantitative estimate of drug-likeness (QED) is 0.831. The van der Waals surface area contributed by atoms with Gasteiger partial charge in [-0.1, -0.05) is 0 Å². The van der Waals surface area contributed by atoms with Crippen molar-refractivity contribution in [3.05, 3.63) is 46.1 Å². The molecule has 17 heavy (non-hydrogen) atoms. The molecule has 2 rings (SSSR count). The highest BCUT2D eigenvalue weighted by atomic mass is 19.4. The lowest BCUT2D eigenvalue weighted by molar-refractivity contribution is -0.141. The van der Waals surface area contributed by atoms with Gasteiger partial charge in [-0.2, -0.15) is 18.3 Å². The Morgan fingerprint density at radius 1 is 1.35 bits per heavy atom. The predicted octanol–water partition coefficient (Wildman–Crippen LogP) is 1.89. The van der Waals surface area contributed by atoms with Crippen LogP contribution in [-0.2, 0) is 6.18 Å². The highest BCUT2D eigenvalue weighted by molar-refractivity contribution is 5.31. The first kappa shape index (κ1) is 11.4. The minimum absolute atomic E-state index is 0.293. The topological polar surface area (TPSA) is 50.7 Å². The van der Waals surface area contributed by atoms with Crippen molar-refractivity contribution in [1.29, 1.82) is 0 Å². The number of nitrogens with one attached hydrogen (secondary N) is 1. The Morgan fingerprint density at radius 2 is 2.06 bits per heavy atom. The third kappa shape index (κ3) is 2.22. The van der Waals surface area contributed by atoms with E-state index in [2.05, 4.69) is 10.1 Å². The van der Waals surface area contributed by atoms with Gasteiger partial charge in [-0.05, 0) is 19.1 Å². The monoisotopic (exact) mass is 243 g/mol. The molecule has 90 valence electrons. The maximum absolute atomic E-state index is 12.4. The van der Waals surface area contributed by atoms with Crippen LogP contribution in [0.3, 0.4) is 0 Å². The summed E-state index contributed by atoms with van der Waals surface area (Å²) in [6.07, 6.45) is -3.14. The van der Waals surface area contributed by atoms with Crippen LogP contribution < -0.4 is 5.56 Å². The van der Waals surface area contributed by atoms with E-state index in [1.54, 1.807) is 0 Å². The number of aryl methyl sites for hydroxylation is 1. The number of nitrogens with zero attached hydrogens (tertiary/aromatic N) is 2. The Hall–Kier alpha value is -2.05. The van der Waals surface area contributed by atoms with E-state index < -0.39 is 17.4 Å². The van der Waals surface area contributed by atoms with Gasteiger partial charge in [0.15, 0.2) is 5.69 Å². The summed E-state index contributed by atoms with van der Waals surface area (Å²) in [5, 5.41) is 3.43. The van der Waals surface area contributed by atoms with E-state index in [1.165, 1.54) is 25.3 Å². The van der Waals surface area contributed by atoms with E-state index in [4.69, 9.17) is 0 Å². The Balaban J connectivity index is 2.54. The number of pyridine rings is 1. The van der Waals surface area contributed by atoms with E-state index in [-0.39, 0.29) is 0 Å². The number of hydrogen-bond acceptors (Lipinski definition) is 2. The van der Waals surface area contributed by atoms with Gasteiger partial charge in [0.25, 0.3) is 0 Å². The molecule has 0 radical (unpaired) electrons. The van der Waals surface area contributed by atoms with E-state index >= 15 is 0 Å². The Kier molecular flexibility index (Phi) is 2.53. The molecule has 1 N–H and O–H groups in total. The van der Waals surface area contributed by atoms with Crippen LogP contribution >= 0.6 is 0 Å². The fraction of sp³-hybridized carbons (Fsp3) is 0.200. The first-order valence-corrected chi connectivity index (χ1v) is 4.71. The molecular weight excluding hydrogens is 235 g/mol. The number of rotatable bonds is 1. The maximum Gasteiger partial charge on any atom is 0.435 e. The fourth-order valence-electron chi connectivity index (χ4n) is 1.44. The van der Waals surface area contributed by atoms with Gasteiger partial charge < -0.3 is 4.98 Å². The van der Waals surface area contributed by atoms with E-state index in [9.17, 15) is 18.0 Å². The number of alkyl halides is 3. The van der Waals surface area contributed by atoms with Crippen LogP contribution in [0.15, 0.2) is 29.2 Å². The van der Waals surface area contributed by atoms with Crippen molar-refractivity contribution in [3.63, 3.8) is 0 Å². The predicted molar refractivity (Wildman–Crippen MR) is 53.9 cm³/mol. The molecule has 0 atom stereocenters. The van der Waals surface area contributed by atoms with Crippen molar-refractivity contribution in [2.24, 2.45) is 0 Å². The molecule has 2 aromatic rings. The van der Waals surface area contributed by atoms with Crippen molar-refractivity contribution in [3.8, 4) is 5.69 Å². The molecule has 0 aliphatic carbocycles. The van der Waals surface area contributed by atoms with Gasteiger partial charge in [0.1, 0.15) is 0 Å². The Bertz CT molecular complexity index is 597. The molecule has 0 aliphatic heterocycles. The molecule has 0 saturated carbocycles. The molecule has 2 heterocycles. The first-order chi connectivity index (χ1) is 7.88. The summed E-state index contributed by atoms with van der Waals surface area (Å²) < 4.78 is 38.4. The molecule has 0 fully saturated rings. The molecule has 0 bridgehead atoms. The zero-order chi connectivity index (χ0) is 12.6. The van der Waals surface area contributed by atoms with Crippen molar-refractivity contribution in [2.75, 3.05) is 0 Å². The lowest BCUT2D eigenvalue weighted by Gasteiger charge is -2.03. The van der Waals surface area contributed by atoms with Gasteiger partial charge in [0.05, 0.1) is 5.69 Å². The van der Waals surface area contributed by atoms with Gasteiger partial charge in [0.2, 0.25) is 5.56 Å². The molecule has 0 amide bonds. The van der Waals surface area contributed by atoms with Gasteiger partial charge in [-0.15, -0.1) is 0 Å². The summed E-state index contributed by atoms with van der Waals surface area (Å²) in [5.74, 6) is 0. The average molecular weight is 243 g/mol. The van der Waals surface area contributed by atoms with Crippen molar-refractivity contribution < 1.29 is 13.2 Å². The normalized spacial score (nSPS) is 11.8. The first-order valence-electron chi connectivity index (χ1n) is 4.71. The van der Waals surface area contributed by atoms with Crippen LogP contribution in [0.1, 0.15) is 11.4 Å². The molecule has 0 saturated heterocycles. The molecule has 7 heteroatoms. The molecular formula is C10H8F3N3O. The van der Waals surface area contributed by atoms with E-state index in [0.717, 1.165) is 10.7 Å². The zero-order valence-corrected chi connectivity index (χ0v) is 8.75. The second kappa shape index (κ2) is 3.76. The van der Waals surface area contributed by atoms with Crippen LogP contribution in [0.4, 0.5) is 13.2 Å². The lowest BCUT2D eigenvalue weighted by Crippen LogP contribution is -2.10. The number of halogens is 3. The summed E-state index contributed by atoms with van der Waals surface area (Å²) in [5.41, 5.74) is -0.772. The van der Waals surface area contributed by atoms with Gasteiger partial charge in [-0.25, -0.2) is 4.68 Å². The SMILES string of the molecule is Cc1cc(C(F)(F)F)nn1-c1cc[nH]c(=O)c1. The highest BCUT2D eigenvalue weighted by Gasteiger charge is 2.34. The molecule has 0 spiro atoms. The fourth-order valence-corrected chi connectivity index (χ4v) is 1.44. The second-order valence-corrected chi connectivity index (χ2v) is 3.49. The molecule has 4 nitrogen and oxygen atoms in total. The molecule has 0 unspecified atom stereocenters. The smallest absolute Gasteiger partial charge is 0.329 e. The van der Waals surface area contributed by atoms with Crippen molar-refractivity contribution in [1.82, 2.24) is 14.8 Å². The summed E-state index contributed by atoms with van der Waals surface area (Å²) in [4.78, 5) is 13.4. The van der Waals surface area contributed by atoms with Crippen LogP contribution in [0.2, 0.25) is 0 Å². The molecule has 2 aromatic heterocycles. The number of aromatic amines is 1. The Labute approximate surface area is 93.7 Å². The highest BCUT2D eigenvalue weighted by Crippen LogP contribution is 2.29. The number of hydrogen-bond donors (Lipinski definition) is 1.